The number of aryl methyl sites for hydroxylation is 2. The molecule has 0 saturated heterocycles. The fourth-order valence-corrected chi connectivity index (χ4v) is 5.13. The Labute approximate surface area is 196 Å². The molecule has 0 aliphatic rings. The van der Waals surface area contributed by atoms with Crippen molar-refractivity contribution in [3.05, 3.63) is 87.8 Å². The molecule has 0 saturated carbocycles. The summed E-state index contributed by atoms with van der Waals surface area (Å²) in [6.45, 7) is 5.26. The first-order chi connectivity index (χ1) is 15.7. The Morgan fingerprint density at radius 2 is 1.88 bits per heavy atom. The van der Waals surface area contributed by atoms with Crippen molar-refractivity contribution in [2.24, 2.45) is 0 Å². The highest BCUT2D eigenvalue weighted by molar-refractivity contribution is 7.90. The Bertz CT molecular complexity index is 1400. The molecule has 7 nitrogen and oxygen atoms in total. The van der Waals surface area contributed by atoms with Crippen molar-refractivity contribution in [1.29, 1.82) is 0 Å². The van der Waals surface area contributed by atoms with Gasteiger partial charge in [-0.1, -0.05) is 59.2 Å². The topological polar surface area (TPSA) is 90.9 Å². The Hall–Kier alpha value is -3.04. The fraction of sp³-hybridized carbons (Fsp3) is 0.261. The standard InChI is InChI=1S/C23H22ClFN4O3S/c1-14-9-10-18(11-20(14)25)22-26-23(32-28-22)16(3)33(30,31)13-19-15(2)27-29(21(19)24)12-17-7-5-4-6-8-17/h4-11,16H,12-13H2,1-3H3. The third-order valence-corrected chi connectivity index (χ3v) is 7.86. The fourth-order valence-electron chi connectivity index (χ4n) is 3.34. The number of halogens is 2. The van der Waals surface area contributed by atoms with Gasteiger partial charge in [0.15, 0.2) is 9.84 Å². The first-order valence-corrected chi connectivity index (χ1v) is 12.3. The van der Waals surface area contributed by atoms with Crippen LogP contribution in [0.3, 0.4) is 0 Å². The monoisotopic (exact) mass is 488 g/mol. The third-order valence-electron chi connectivity index (χ3n) is 5.46. The van der Waals surface area contributed by atoms with E-state index >= 15 is 0 Å². The molecule has 0 spiro atoms. The van der Waals surface area contributed by atoms with Crippen molar-refractivity contribution in [2.45, 2.75) is 38.3 Å². The molecular formula is C23H22ClFN4O3S. The number of aromatic nitrogens is 4. The van der Waals surface area contributed by atoms with E-state index < -0.39 is 20.9 Å². The average molecular weight is 489 g/mol. The lowest BCUT2D eigenvalue weighted by molar-refractivity contribution is 0.377. The molecule has 2 aromatic heterocycles. The number of benzene rings is 2. The van der Waals surface area contributed by atoms with E-state index in [4.69, 9.17) is 16.1 Å². The van der Waals surface area contributed by atoms with Crippen LogP contribution in [-0.4, -0.2) is 28.3 Å². The largest absolute Gasteiger partial charge is 0.338 e. The first-order valence-electron chi connectivity index (χ1n) is 10.2. The molecule has 172 valence electrons. The summed E-state index contributed by atoms with van der Waals surface area (Å²) in [5.74, 6) is -0.686. The van der Waals surface area contributed by atoms with Gasteiger partial charge in [-0.3, -0.25) is 0 Å². The molecule has 0 aliphatic carbocycles. The average Bonchev–Trinajstić information content (AvgIpc) is 3.37. The zero-order chi connectivity index (χ0) is 23.8. The highest BCUT2D eigenvalue weighted by Crippen LogP contribution is 2.30. The van der Waals surface area contributed by atoms with Crippen LogP contribution in [0, 0.1) is 19.7 Å². The number of sulfone groups is 1. The van der Waals surface area contributed by atoms with Gasteiger partial charge in [0.2, 0.25) is 11.7 Å². The molecule has 4 aromatic rings. The van der Waals surface area contributed by atoms with Crippen molar-refractivity contribution in [3.8, 4) is 11.4 Å². The van der Waals surface area contributed by atoms with Crippen molar-refractivity contribution < 1.29 is 17.3 Å². The molecule has 0 bridgehead atoms. The summed E-state index contributed by atoms with van der Waals surface area (Å²) in [5, 5.41) is 7.43. The first kappa shape index (κ1) is 23.1. The molecule has 1 atom stereocenters. The molecule has 0 amide bonds. The molecule has 0 fully saturated rings. The summed E-state index contributed by atoms with van der Waals surface area (Å²) in [6, 6.07) is 14.2. The maximum Gasteiger partial charge on any atom is 0.245 e. The SMILES string of the molecule is Cc1ccc(-c2noc(C(C)S(=O)(=O)Cc3c(C)nn(Cc4ccccc4)c3Cl)n2)cc1F. The van der Waals surface area contributed by atoms with E-state index in [0.717, 1.165) is 5.56 Å². The van der Waals surface area contributed by atoms with Gasteiger partial charge < -0.3 is 4.52 Å². The second-order valence-corrected chi connectivity index (χ2v) is 10.5. The summed E-state index contributed by atoms with van der Waals surface area (Å²) < 4.78 is 46.9. The molecule has 0 aliphatic heterocycles. The quantitative estimate of drug-likeness (QED) is 0.361. The maximum absolute atomic E-state index is 13.9. The van der Waals surface area contributed by atoms with Gasteiger partial charge in [0.05, 0.1) is 18.0 Å². The third kappa shape index (κ3) is 4.84. The van der Waals surface area contributed by atoms with Gasteiger partial charge in [0, 0.05) is 11.1 Å². The minimum absolute atomic E-state index is 0.0727. The zero-order valence-corrected chi connectivity index (χ0v) is 19.9. The molecule has 2 heterocycles. The van der Waals surface area contributed by atoms with Crippen LogP contribution < -0.4 is 0 Å². The van der Waals surface area contributed by atoms with Gasteiger partial charge in [0.25, 0.3) is 0 Å². The van der Waals surface area contributed by atoms with E-state index in [0.29, 0.717) is 28.9 Å². The summed E-state index contributed by atoms with van der Waals surface area (Å²) in [7, 11) is -3.76. The molecule has 1 unspecified atom stereocenters. The minimum Gasteiger partial charge on any atom is -0.338 e. The van der Waals surface area contributed by atoms with Gasteiger partial charge >= 0.3 is 0 Å². The summed E-state index contributed by atoms with van der Waals surface area (Å²) in [6.07, 6.45) is 0. The van der Waals surface area contributed by atoms with Crippen LogP contribution in [-0.2, 0) is 22.1 Å². The minimum atomic E-state index is -3.76. The van der Waals surface area contributed by atoms with Crippen LogP contribution in [0.4, 0.5) is 4.39 Å². The van der Waals surface area contributed by atoms with Crippen LogP contribution in [0.15, 0.2) is 53.1 Å². The molecule has 4 rings (SSSR count). The number of hydrogen-bond acceptors (Lipinski definition) is 6. The maximum atomic E-state index is 13.9. The molecule has 33 heavy (non-hydrogen) atoms. The van der Waals surface area contributed by atoms with Gasteiger partial charge in [-0.15, -0.1) is 0 Å². The van der Waals surface area contributed by atoms with E-state index in [9.17, 15) is 12.8 Å². The molecule has 0 radical (unpaired) electrons. The normalized spacial score (nSPS) is 12.8. The Morgan fingerprint density at radius 3 is 2.58 bits per heavy atom. The number of nitrogens with zero attached hydrogens (tertiary/aromatic N) is 4. The lowest BCUT2D eigenvalue weighted by atomic mass is 10.1. The predicted molar refractivity (Wildman–Crippen MR) is 123 cm³/mol. The van der Waals surface area contributed by atoms with Crippen LogP contribution in [0.2, 0.25) is 5.15 Å². The van der Waals surface area contributed by atoms with Gasteiger partial charge in [0.1, 0.15) is 16.2 Å². The lowest BCUT2D eigenvalue weighted by Gasteiger charge is -2.09. The molecule has 0 N–H and O–H groups in total. The Kier molecular flexibility index (Phi) is 6.36. The molecule has 10 heteroatoms. The second-order valence-electron chi connectivity index (χ2n) is 7.87. The molecule has 2 aromatic carbocycles. The van der Waals surface area contributed by atoms with Gasteiger partial charge in [-0.05, 0) is 38.0 Å². The summed E-state index contributed by atoms with van der Waals surface area (Å²) in [4.78, 5) is 4.19. The van der Waals surface area contributed by atoms with E-state index in [2.05, 4.69) is 15.2 Å². The van der Waals surface area contributed by atoms with Crippen molar-refractivity contribution in [3.63, 3.8) is 0 Å². The van der Waals surface area contributed by atoms with Crippen molar-refractivity contribution >= 4 is 21.4 Å². The smallest absolute Gasteiger partial charge is 0.245 e. The zero-order valence-electron chi connectivity index (χ0n) is 18.3. The van der Waals surface area contributed by atoms with Gasteiger partial charge in [-0.25, -0.2) is 17.5 Å². The van der Waals surface area contributed by atoms with Crippen molar-refractivity contribution in [2.75, 3.05) is 0 Å². The predicted octanol–water partition coefficient (Wildman–Crippen LogP) is 5.07. The van der Waals surface area contributed by atoms with Gasteiger partial charge in [-0.2, -0.15) is 10.1 Å². The Balaban J connectivity index is 1.56. The Morgan fingerprint density at radius 1 is 1.15 bits per heavy atom. The number of hydrogen-bond donors (Lipinski definition) is 0. The second kappa shape index (κ2) is 9.07. The van der Waals surface area contributed by atoms with Crippen LogP contribution in [0.25, 0.3) is 11.4 Å². The van der Waals surface area contributed by atoms with E-state index in [1.54, 1.807) is 30.7 Å². The van der Waals surface area contributed by atoms with Crippen LogP contribution >= 0.6 is 11.6 Å². The number of rotatable bonds is 7. The molecular weight excluding hydrogens is 467 g/mol. The highest BCUT2D eigenvalue weighted by atomic mass is 35.5. The van der Waals surface area contributed by atoms with Crippen LogP contribution in [0.5, 0.6) is 0 Å². The summed E-state index contributed by atoms with van der Waals surface area (Å²) >= 11 is 6.50. The van der Waals surface area contributed by atoms with Crippen LogP contribution in [0.1, 0.15) is 40.4 Å². The van der Waals surface area contributed by atoms with Crippen molar-refractivity contribution in [1.82, 2.24) is 19.9 Å². The van der Waals surface area contributed by atoms with E-state index in [-0.39, 0.29) is 22.6 Å². The van der Waals surface area contributed by atoms with E-state index in [1.807, 2.05) is 30.3 Å². The summed E-state index contributed by atoms with van der Waals surface area (Å²) in [5.41, 5.74) is 2.85. The van der Waals surface area contributed by atoms with E-state index in [1.165, 1.54) is 13.0 Å². The lowest BCUT2D eigenvalue weighted by Crippen LogP contribution is -2.14. The highest BCUT2D eigenvalue weighted by Gasteiger charge is 2.31.